The number of aromatic nitrogens is 2. The first kappa shape index (κ1) is 21.1. The van der Waals surface area contributed by atoms with Crippen molar-refractivity contribution in [3.63, 3.8) is 0 Å². The van der Waals surface area contributed by atoms with E-state index in [1.807, 2.05) is 36.9 Å². The van der Waals surface area contributed by atoms with Crippen LogP contribution in [0.1, 0.15) is 47.5 Å². The van der Waals surface area contributed by atoms with Crippen molar-refractivity contribution in [1.29, 1.82) is 0 Å². The van der Waals surface area contributed by atoms with Gasteiger partial charge in [-0.2, -0.15) is 0 Å². The van der Waals surface area contributed by atoms with Gasteiger partial charge in [0, 0.05) is 11.4 Å². The lowest BCUT2D eigenvalue weighted by Crippen LogP contribution is -2.28. The molecule has 6 heteroatoms. The molecule has 0 amide bonds. The van der Waals surface area contributed by atoms with Gasteiger partial charge in [-0.05, 0) is 76.7 Å². The lowest BCUT2D eigenvalue weighted by molar-refractivity contribution is 0.299. The predicted molar refractivity (Wildman–Crippen MR) is 124 cm³/mol. The second-order valence-electron chi connectivity index (χ2n) is 8.43. The molecule has 30 heavy (non-hydrogen) atoms. The van der Waals surface area contributed by atoms with Crippen molar-refractivity contribution in [2.75, 3.05) is 20.7 Å². The summed E-state index contributed by atoms with van der Waals surface area (Å²) in [5, 5.41) is 0.883. The van der Waals surface area contributed by atoms with E-state index in [1.54, 1.807) is 11.3 Å². The summed E-state index contributed by atoms with van der Waals surface area (Å²) in [4.78, 5) is 22.8. The number of thiophene rings is 1. The van der Waals surface area contributed by atoms with Gasteiger partial charge >= 0.3 is 0 Å². The van der Waals surface area contributed by atoms with Gasteiger partial charge in [-0.15, -0.1) is 11.3 Å². The van der Waals surface area contributed by atoms with Crippen molar-refractivity contribution in [2.24, 2.45) is 0 Å². The Bertz CT molecular complexity index is 1080. The molecule has 0 bridgehead atoms. The minimum Gasteiger partial charge on any atom is -0.493 e. The van der Waals surface area contributed by atoms with Crippen LogP contribution in [-0.4, -0.2) is 35.2 Å². The Morgan fingerprint density at radius 3 is 2.77 bits per heavy atom. The molecular weight excluding hydrogens is 394 g/mol. The summed E-state index contributed by atoms with van der Waals surface area (Å²) < 4.78 is 7.84. The van der Waals surface area contributed by atoms with Crippen LogP contribution in [0.25, 0.3) is 10.2 Å². The van der Waals surface area contributed by atoms with Crippen molar-refractivity contribution in [2.45, 2.75) is 58.5 Å². The summed E-state index contributed by atoms with van der Waals surface area (Å²) in [6, 6.07) is 8.09. The molecule has 0 radical (unpaired) electrons. The van der Waals surface area contributed by atoms with Crippen LogP contribution >= 0.6 is 11.3 Å². The molecule has 2 heterocycles. The molecule has 0 fully saturated rings. The Kier molecular flexibility index (Phi) is 6.54. The highest BCUT2D eigenvalue weighted by molar-refractivity contribution is 7.18. The van der Waals surface area contributed by atoms with Crippen LogP contribution in [0.15, 0.2) is 29.1 Å². The molecule has 0 N–H and O–H groups in total. The summed E-state index contributed by atoms with van der Waals surface area (Å²) in [5.74, 6) is 1.81. The molecule has 1 aliphatic rings. The number of para-hydroxylation sites is 1. The van der Waals surface area contributed by atoms with E-state index >= 15 is 0 Å². The normalized spacial score (nSPS) is 13.7. The minimum atomic E-state index is 0.149. The number of unbranched alkanes of at least 4 members (excludes halogenated alkanes) is 1. The van der Waals surface area contributed by atoms with E-state index in [0.717, 1.165) is 53.0 Å². The highest BCUT2D eigenvalue weighted by Gasteiger charge is 2.22. The average molecular weight is 426 g/mol. The largest absolute Gasteiger partial charge is 0.493 e. The van der Waals surface area contributed by atoms with Crippen molar-refractivity contribution in [3.05, 3.63) is 56.4 Å². The molecule has 0 aliphatic heterocycles. The van der Waals surface area contributed by atoms with Gasteiger partial charge in [-0.1, -0.05) is 18.2 Å². The summed E-state index contributed by atoms with van der Waals surface area (Å²) >= 11 is 1.73. The topological polar surface area (TPSA) is 47.4 Å². The Morgan fingerprint density at radius 2 is 1.97 bits per heavy atom. The van der Waals surface area contributed by atoms with Gasteiger partial charge in [0.2, 0.25) is 0 Å². The molecule has 1 aliphatic carbocycles. The fraction of sp³-hybridized carbons (Fsp3) is 0.500. The number of aryl methyl sites for hydroxylation is 3. The lowest BCUT2D eigenvalue weighted by Gasteiger charge is -2.16. The van der Waals surface area contributed by atoms with Crippen LogP contribution in [0, 0.1) is 6.92 Å². The zero-order valence-corrected chi connectivity index (χ0v) is 19.1. The third-order valence-corrected chi connectivity index (χ3v) is 6.92. The number of fused-ring (bicyclic) bond motifs is 3. The highest BCUT2D eigenvalue weighted by atomic mass is 32.1. The van der Waals surface area contributed by atoms with E-state index in [0.29, 0.717) is 19.7 Å². The molecule has 5 nitrogen and oxygen atoms in total. The van der Waals surface area contributed by atoms with Crippen LogP contribution in [0.4, 0.5) is 0 Å². The Balaban J connectivity index is 1.52. The van der Waals surface area contributed by atoms with Crippen LogP contribution in [0.5, 0.6) is 5.75 Å². The molecule has 3 aromatic rings. The van der Waals surface area contributed by atoms with Gasteiger partial charge in [0.1, 0.15) is 16.4 Å². The van der Waals surface area contributed by atoms with Gasteiger partial charge in [0.15, 0.2) is 0 Å². The van der Waals surface area contributed by atoms with Gasteiger partial charge < -0.3 is 9.64 Å². The minimum absolute atomic E-state index is 0.149. The molecule has 160 valence electrons. The maximum atomic E-state index is 13.5. The van der Waals surface area contributed by atoms with Crippen LogP contribution < -0.4 is 10.3 Å². The number of rotatable bonds is 8. The Hall–Kier alpha value is -2.18. The molecule has 0 unspecified atom stereocenters. The van der Waals surface area contributed by atoms with Gasteiger partial charge in [-0.25, -0.2) is 4.98 Å². The van der Waals surface area contributed by atoms with Crippen LogP contribution in [0.2, 0.25) is 0 Å². The van der Waals surface area contributed by atoms with Crippen molar-refractivity contribution in [3.8, 4) is 5.75 Å². The molecule has 2 aromatic heterocycles. The lowest BCUT2D eigenvalue weighted by atomic mass is 9.97. The first-order valence-corrected chi connectivity index (χ1v) is 11.7. The van der Waals surface area contributed by atoms with Crippen molar-refractivity contribution < 1.29 is 4.74 Å². The maximum Gasteiger partial charge on any atom is 0.262 e. The molecule has 1 aromatic carbocycles. The quantitative estimate of drug-likeness (QED) is 0.496. The number of hydrogen-bond acceptors (Lipinski definition) is 5. The monoisotopic (exact) mass is 425 g/mol. The molecule has 4 rings (SSSR count). The summed E-state index contributed by atoms with van der Waals surface area (Å²) in [7, 11) is 4.05. The van der Waals surface area contributed by atoms with E-state index in [-0.39, 0.29) is 5.56 Å². The second-order valence-corrected chi connectivity index (χ2v) is 9.52. The predicted octanol–water partition coefficient (Wildman–Crippen LogP) is 4.57. The van der Waals surface area contributed by atoms with E-state index < -0.39 is 0 Å². The highest BCUT2D eigenvalue weighted by Crippen LogP contribution is 2.33. The SMILES string of the molecule is Cc1ccccc1OCCCCn1c(CN(C)C)nc2sc3c(c2c1=O)CCCC3. The standard InChI is InChI=1S/C24H31N3O2S/c1-17-10-4-6-12-19(17)29-15-9-8-14-27-21(16-26(2)3)25-23-22(24(27)28)18-11-5-7-13-20(18)30-23/h4,6,10,12H,5,7-9,11,13-16H2,1-3H3. The average Bonchev–Trinajstić information content (AvgIpc) is 3.09. The number of nitrogens with zero attached hydrogens (tertiary/aromatic N) is 3. The zero-order valence-electron chi connectivity index (χ0n) is 18.2. The first-order chi connectivity index (χ1) is 14.5. The number of benzene rings is 1. The van der Waals surface area contributed by atoms with Crippen LogP contribution in [0.3, 0.4) is 0 Å². The van der Waals surface area contributed by atoms with Gasteiger partial charge in [0.05, 0.1) is 18.5 Å². The molecule has 0 atom stereocenters. The molecule has 0 spiro atoms. The zero-order chi connectivity index (χ0) is 21.1. The van der Waals surface area contributed by atoms with E-state index in [1.165, 1.54) is 23.3 Å². The van der Waals surface area contributed by atoms with Gasteiger partial charge in [0.25, 0.3) is 5.56 Å². The Labute approximate surface area is 182 Å². The smallest absolute Gasteiger partial charge is 0.262 e. The van der Waals surface area contributed by atoms with Gasteiger partial charge in [-0.3, -0.25) is 9.36 Å². The Morgan fingerprint density at radius 1 is 1.17 bits per heavy atom. The third kappa shape index (κ3) is 4.44. The molecular formula is C24H31N3O2S. The first-order valence-electron chi connectivity index (χ1n) is 10.9. The molecule has 0 saturated heterocycles. The summed E-state index contributed by atoms with van der Waals surface area (Å²) in [6.07, 6.45) is 6.31. The summed E-state index contributed by atoms with van der Waals surface area (Å²) in [6.45, 7) is 4.08. The van der Waals surface area contributed by atoms with E-state index in [4.69, 9.17) is 9.72 Å². The maximum absolute atomic E-state index is 13.5. The molecule has 0 saturated carbocycles. The summed E-state index contributed by atoms with van der Waals surface area (Å²) in [5.41, 5.74) is 2.57. The number of ether oxygens (including phenoxy) is 1. The van der Waals surface area contributed by atoms with Crippen molar-refractivity contribution in [1.82, 2.24) is 14.5 Å². The van der Waals surface area contributed by atoms with Crippen LogP contribution in [-0.2, 0) is 25.9 Å². The number of hydrogen-bond donors (Lipinski definition) is 0. The van der Waals surface area contributed by atoms with E-state index in [9.17, 15) is 4.79 Å². The van der Waals surface area contributed by atoms with E-state index in [2.05, 4.69) is 17.9 Å². The van der Waals surface area contributed by atoms with Crippen molar-refractivity contribution >= 4 is 21.6 Å². The third-order valence-electron chi connectivity index (χ3n) is 5.74. The fourth-order valence-corrected chi connectivity index (χ4v) is 5.46. The second kappa shape index (κ2) is 9.31. The fourth-order valence-electron chi connectivity index (χ4n) is 4.19.